The molecule has 1 aliphatic carbocycles. The summed E-state index contributed by atoms with van der Waals surface area (Å²) in [4.78, 5) is 0. The number of fused-ring (bicyclic) bond motifs is 1. The molecule has 27 heavy (non-hydrogen) atoms. The largest absolute Gasteiger partial charge is 0.394 e. The van der Waals surface area contributed by atoms with Gasteiger partial charge >= 0.3 is 0 Å². The maximum atomic E-state index is 10.1. The second kappa shape index (κ2) is 8.32. The number of benzene rings is 2. The molecule has 0 spiro atoms. The summed E-state index contributed by atoms with van der Waals surface area (Å²) in [6.07, 6.45) is 5.82. The Morgan fingerprint density at radius 3 is 2.63 bits per heavy atom. The molecule has 2 aliphatic rings. The minimum Gasteiger partial charge on any atom is -0.394 e. The number of aryl methyl sites for hydroxylation is 2. The van der Waals surface area contributed by atoms with Gasteiger partial charge in [0.05, 0.1) is 24.9 Å². The number of halogens is 1. The zero-order valence-corrected chi connectivity index (χ0v) is 16.3. The monoisotopic (exact) mass is 386 g/mol. The third-order valence-electron chi connectivity index (χ3n) is 5.83. The van der Waals surface area contributed by atoms with Crippen molar-refractivity contribution in [2.45, 2.75) is 63.3 Å². The fraction of sp³-hybridized carbons (Fsp3) is 0.478. The SMILES string of the molecule is OCC1CC(O)CC(c2ccc(Cl)c(Cc3ccc4c(c3)CCCC4)c2)O1. The van der Waals surface area contributed by atoms with Crippen LogP contribution in [-0.4, -0.2) is 29.0 Å². The highest BCUT2D eigenvalue weighted by atomic mass is 35.5. The molecule has 0 bridgehead atoms. The van der Waals surface area contributed by atoms with E-state index in [1.165, 1.54) is 42.4 Å². The van der Waals surface area contributed by atoms with E-state index in [1.54, 1.807) is 0 Å². The van der Waals surface area contributed by atoms with Crippen LogP contribution in [0.15, 0.2) is 36.4 Å². The van der Waals surface area contributed by atoms with Gasteiger partial charge in [-0.25, -0.2) is 0 Å². The zero-order valence-electron chi connectivity index (χ0n) is 15.5. The van der Waals surface area contributed by atoms with Crippen LogP contribution < -0.4 is 0 Å². The second-order valence-electron chi connectivity index (χ2n) is 7.89. The molecule has 2 aromatic carbocycles. The van der Waals surface area contributed by atoms with Gasteiger partial charge in [-0.2, -0.15) is 0 Å². The lowest BCUT2D eigenvalue weighted by atomic mass is 9.89. The van der Waals surface area contributed by atoms with Crippen LogP contribution in [0.25, 0.3) is 0 Å². The van der Waals surface area contributed by atoms with E-state index < -0.39 is 6.10 Å². The van der Waals surface area contributed by atoms with Crippen molar-refractivity contribution in [3.05, 3.63) is 69.2 Å². The van der Waals surface area contributed by atoms with Crippen molar-refractivity contribution in [3.63, 3.8) is 0 Å². The Morgan fingerprint density at radius 1 is 1.00 bits per heavy atom. The summed E-state index contributed by atoms with van der Waals surface area (Å²) in [5.41, 5.74) is 6.35. The van der Waals surface area contributed by atoms with Gasteiger partial charge in [-0.05, 0) is 66.0 Å². The van der Waals surface area contributed by atoms with E-state index in [2.05, 4.69) is 24.3 Å². The van der Waals surface area contributed by atoms with Crippen molar-refractivity contribution >= 4 is 11.6 Å². The molecule has 1 saturated heterocycles. The quantitative estimate of drug-likeness (QED) is 0.819. The highest BCUT2D eigenvalue weighted by molar-refractivity contribution is 6.31. The van der Waals surface area contributed by atoms with E-state index in [9.17, 15) is 10.2 Å². The first-order chi connectivity index (χ1) is 13.1. The maximum absolute atomic E-state index is 10.1. The number of ether oxygens (including phenoxy) is 1. The molecule has 144 valence electrons. The molecule has 4 heteroatoms. The fourth-order valence-electron chi connectivity index (χ4n) is 4.37. The predicted octanol–water partition coefficient (Wildman–Crippen LogP) is 4.38. The number of hydrogen-bond acceptors (Lipinski definition) is 3. The molecule has 3 nitrogen and oxygen atoms in total. The van der Waals surface area contributed by atoms with Crippen molar-refractivity contribution in [1.82, 2.24) is 0 Å². The number of aliphatic hydroxyl groups is 2. The van der Waals surface area contributed by atoms with Gasteiger partial charge in [0.1, 0.15) is 0 Å². The van der Waals surface area contributed by atoms with Gasteiger partial charge in [-0.15, -0.1) is 0 Å². The van der Waals surface area contributed by atoms with Crippen LogP contribution in [0.1, 0.15) is 59.6 Å². The molecule has 1 aliphatic heterocycles. The van der Waals surface area contributed by atoms with Gasteiger partial charge in [0.25, 0.3) is 0 Å². The van der Waals surface area contributed by atoms with E-state index >= 15 is 0 Å². The molecule has 4 rings (SSSR count). The molecule has 3 atom stereocenters. The first-order valence-corrected chi connectivity index (χ1v) is 10.3. The molecule has 1 heterocycles. The Balaban J connectivity index is 1.56. The van der Waals surface area contributed by atoms with E-state index in [0.29, 0.717) is 12.8 Å². The van der Waals surface area contributed by atoms with Gasteiger partial charge in [0.2, 0.25) is 0 Å². The molecule has 2 aromatic rings. The second-order valence-corrected chi connectivity index (χ2v) is 8.30. The Hall–Kier alpha value is -1.39. The van der Waals surface area contributed by atoms with E-state index in [4.69, 9.17) is 16.3 Å². The molecular formula is C23H27ClO3. The average molecular weight is 387 g/mol. The summed E-state index contributed by atoms with van der Waals surface area (Å²) in [7, 11) is 0. The van der Waals surface area contributed by atoms with Gasteiger partial charge in [0, 0.05) is 17.9 Å². The molecular weight excluding hydrogens is 360 g/mol. The molecule has 0 aromatic heterocycles. The Bertz CT molecular complexity index is 804. The topological polar surface area (TPSA) is 49.7 Å². The van der Waals surface area contributed by atoms with Crippen LogP contribution in [0.5, 0.6) is 0 Å². The first-order valence-electron chi connectivity index (χ1n) is 9.96. The van der Waals surface area contributed by atoms with Gasteiger partial charge in [-0.1, -0.05) is 41.9 Å². The van der Waals surface area contributed by atoms with Gasteiger partial charge in [0.15, 0.2) is 0 Å². The lowest BCUT2D eigenvalue weighted by Crippen LogP contribution is -2.33. The van der Waals surface area contributed by atoms with Crippen LogP contribution in [-0.2, 0) is 24.0 Å². The number of aliphatic hydroxyl groups excluding tert-OH is 2. The van der Waals surface area contributed by atoms with Crippen molar-refractivity contribution in [2.75, 3.05) is 6.61 Å². The van der Waals surface area contributed by atoms with Gasteiger partial charge < -0.3 is 14.9 Å². The molecule has 0 saturated carbocycles. The predicted molar refractivity (Wildman–Crippen MR) is 107 cm³/mol. The Kier molecular flexibility index (Phi) is 5.84. The third-order valence-corrected chi connectivity index (χ3v) is 6.20. The summed E-state index contributed by atoms with van der Waals surface area (Å²) in [6.45, 7) is -0.0663. The van der Waals surface area contributed by atoms with Gasteiger partial charge in [-0.3, -0.25) is 0 Å². The summed E-state index contributed by atoms with van der Waals surface area (Å²) in [6, 6.07) is 12.8. The summed E-state index contributed by atoms with van der Waals surface area (Å²) < 4.78 is 5.96. The summed E-state index contributed by atoms with van der Waals surface area (Å²) in [5, 5.41) is 20.3. The fourth-order valence-corrected chi connectivity index (χ4v) is 4.55. The third kappa shape index (κ3) is 4.38. The molecule has 0 amide bonds. The lowest BCUT2D eigenvalue weighted by Gasteiger charge is -2.32. The summed E-state index contributed by atoms with van der Waals surface area (Å²) >= 11 is 6.48. The molecule has 0 radical (unpaired) electrons. The van der Waals surface area contributed by atoms with Crippen LogP contribution in [0.3, 0.4) is 0 Å². The van der Waals surface area contributed by atoms with E-state index in [-0.39, 0.29) is 18.8 Å². The lowest BCUT2D eigenvalue weighted by molar-refractivity contribution is -0.113. The molecule has 2 N–H and O–H groups in total. The summed E-state index contributed by atoms with van der Waals surface area (Å²) in [5.74, 6) is 0. The van der Waals surface area contributed by atoms with Crippen LogP contribution in [0.2, 0.25) is 5.02 Å². The Morgan fingerprint density at radius 2 is 1.81 bits per heavy atom. The molecule has 3 unspecified atom stereocenters. The van der Waals surface area contributed by atoms with Crippen molar-refractivity contribution < 1.29 is 14.9 Å². The average Bonchev–Trinajstić information content (AvgIpc) is 2.69. The maximum Gasteiger partial charge on any atom is 0.0854 e. The normalized spacial score (nSPS) is 25.2. The number of rotatable bonds is 4. The highest BCUT2D eigenvalue weighted by Gasteiger charge is 2.29. The minimum absolute atomic E-state index is 0.0663. The van der Waals surface area contributed by atoms with Crippen LogP contribution in [0.4, 0.5) is 0 Å². The standard InChI is InChI=1S/C23H27ClO3/c24-22-8-7-18(23-13-20(26)12-21(14-25)27-23)11-19(22)10-15-5-6-16-3-1-2-4-17(16)9-15/h5-9,11,20-21,23,25-26H,1-4,10,12-14H2. The van der Waals surface area contributed by atoms with Crippen molar-refractivity contribution in [1.29, 1.82) is 0 Å². The van der Waals surface area contributed by atoms with Crippen molar-refractivity contribution in [3.8, 4) is 0 Å². The Labute approximate surface area is 165 Å². The van der Waals surface area contributed by atoms with Crippen LogP contribution >= 0.6 is 11.6 Å². The van der Waals surface area contributed by atoms with E-state index in [0.717, 1.165) is 22.6 Å². The van der Waals surface area contributed by atoms with Crippen LogP contribution in [0, 0.1) is 0 Å². The smallest absolute Gasteiger partial charge is 0.0854 e. The van der Waals surface area contributed by atoms with Crippen molar-refractivity contribution in [2.24, 2.45) is 0 Å². The minimum atomic E-state index is -0.444. The first kappa shape index (κ1) is 18.9. The number of hydrogen-bond donors (Lipinski definition) is 2. The highest BCUT2D eigenvalue weighted by Crippen LogP contribution is 2.34. The zero-order chi connectivity index (χ0) is 18.8. The molecule has 1 fully saturated rings. The van der Waals surface area contributed by atoms with E-state index in [1.807, 2.05) is 12.1 Å².